The van der Waals surface area contributed by atoms with Crippen molar-refractivity contribution >= 4 is 62.8 Å². The van der Waals surface area contributed by atoms with Crippen LogP contribution in [0.1, 0.15) is 52.3 Å². The number of amidine groups is 1. The van der Waals surface area contributed by atoms with Gasteiger partial charge in [-0.05, 0) is 62.8 Å². The summed E-state index contributed by atoms with van der Waals surface area (Å²) >= 11 is 2.63. The number of carbonyl (C=O) groups is 3. The summed E-state index contributed by atoms with van der Waals surface area (Å²) in [5, 5.41) is 8.22. The predicted molar refractivity (Wildman–Crippen MR) is 160 cm³/mol. The standard InChI is InChI=1S/C29H31N5O4S2/c1-5-38-28(37)25-21-12-11-17(2)13-23(21)40-26(25)31-24(35)16-39-29-30-22(14-19-15-33(4)32-18(19)3)27(36)34(29)20-9-7-6-8-10-20/h6-10,14-15,17H,5,11-13,16H2,1-4H3,(H,31,35)/b22-14+/t17-/m0/s1. The monoisotopic (exact) mass is 577 g/mol. The summed E-state index contributed by atoms with van der Waals surface area (Å²) in [4.78, 5) is 46.7. The van der Waals surface area contributed by atoms with Gasteiger partial charge in [-0.25, -0.2) is 9.79 Å². The van der Waals surface area contributed by atoms with Crippen LogP contribution in [0.25, 0.3) is 6.08 Å². The van der Waals surface area contributed by atoms with Gasteiger partial charge in [0, 0.05) is 23.7 Å². The number of aliphatic imine (C=N–C) groups is 1. The average Bonchev–Trinajstić information content (AvgIpc) is 3.54. The second-order valence-corrected chi connectivity index (χ2v) is 11.9. The van der Waals surface area contributed by atoms with Gasteiger partial charge in [0.2, 0.25) is 5.91 Å². The van der Waals surface area contributed by atoms with E-state index >= 15 is 0 Å². The molecule has 3 aromatic rings. The third-order valence-electron chi connectivity index (χ3n) is 6.76. The molecule has 1 aliphatic heterocycles. The first-order valence-corrected chi connectivity index (χ1v) is 15.0. The molecule has 9 nitrogen and oxygen atoms in total. The number of hydrogen-bond acceptors (Lipinski definition) is 8. The van der Waals surface area contributed by atoms with Gasteiger partial charge in [0.15, 0.2) is 5.17 Å². The number of esters is 1. The summed E-state index contributed by atoms with van der Waals surface area (Å²) in [5.41, 5.74) is 3.99. The predicted octanol–water partition coefficient (Wildman–Crippen LogP) is 5.21. The number of fused-ring (bicyclic) bond motifs is 1. The molecule has 0 saturated heterocycles. The van der Waals surface area contributed by atoms with Crippen molar-refractivity contribution in [1.82, 2.24) is 9.78 Å². The molecule has 5 rings (SSSR count). The Hall–Kier alpha value is -3.70. The minimum atomic E-state index is -0.404. The number of amides is 2. The molecule has 40 heavy (non-hydrogen) atoms. The number of nitrogens with one attached hydrogen (secondary N) is 1. The van der Waals surface area contributed by atoms with Crippen molar-refractivity contribution in [1.29, 1.82) is 0 Å². The third-order valence-corrected chi connectivity index (χ3v) is 8.87. The molecular weight excluding hydrogens is 546 g/mol. The summed E-state index contributed by atoms with van der Waals surface area (Å²) < 4.78 is 7.01. The maximum atomic E-state index is 13.4. The molecule has 1 aromatic carbocycles. The Labute approximate surface area is 241 Å². The molecular formula is C29H31N5O4S2. The summed E-state index contributed by atoms with van der Waals surface area (Å²) in [6.07, 6.45) is 6.23. The van der Waals surface area contributed by atoms with Gasteiger partial charge in [-0.3, -0.25) is 19.2 Å². The highest BCUT2D eigenvalue weighted by Gasteiger charge is 2.33. The van der Waals surface area contributed by atoms with E-state index in [1.54, 1.807) is 17.7 Å². The van der Waals surface area contributed by atoms with E-state index in [9.17, 15) is 14.4 Å². The summed E-state index contributed by atoms with van der Waals surface area (Å²) in [7, 11) is 1.82. The Morgan fingerprint density at radius 3 is 2.75 bits per heavy atom. The zero-order valence-corrected chi connectivity index (χ0v) is 24.5. The minimum Gasteiger partial charge on any atom is -0.462 e. The molecule has 2 amide bonds. The number of anilines is 2. The first kappa shape index (κ1) is 27.9. The number of carbonyl (C=O) groups excluding carboxylic acids is 3. The summed E-state index contributed by atoms with van der Waals surface area (Å²) in [6, 6.07) is 9.23. The van der Waals surface area contributed by atoms with Crippen LogP contribution in [0.3, 0.4) is 0 Å². The van der Waals surface area contributed by atoms with E-state index < -0.39 is 5.97 Å². The first-order chi connectivity index (χ1) is 19.2. The fourth-order valence-corrected chi connectivity index (χ4v) is 7.08. The molecule has 0 fully saturated rings. The van der Waals surface area contributed by atoms with Crippen LogP contribution in [0.4, 0.5) is 10.7 Å². The van der Waals surface area contributed by atoms with Gasteiger partial charge in [-0.1, -0.05) is 36.9 Å². The number of para-hydroxylation sites is 1. The van der Waals surface area contributed by atoms with E-state index in [1.165, 1.54) is 28.0 Å². The van der Waals surface area contributed by atoms with E-state index in [0.717, 1.165) is 41.0 Å². The van der Waals surface area contributed by atoms with Gasteiger partial charge in [0.25, 0.3) is 5.91 Å². The summed E-state index contributed by atoms with van der Waals surface area (Å²) in [6.45, 7) is 6.11. The van der Waals surface area contributed by atoms with Crippen molar-refractivity contribution in [3.8, 4) is 0 Å². The van der Waals surface area contributed by atoms with E-state index in [4.69, 9.17) is 4.74 Å². The number of benzene rings is 1. The number of nitrogens with zero attached hydrogens (tertiary/aromatic N) is 4. The molecule has 3 heterocycles. The van der Waals surface area contributed by atoms with Crippen LogP contribution in [0.5, 0.6) is 0 Å². The second-order valence-electron chi connectivity index (χ2n) is 9.86. The molecule has 1 atom stereocenters. The highest BCUT2D eigenvalue weighted by atomic mass is 32.2. The van der Waals surface area contributed by atoms with E-state index in [0.29, 0.717) is 27.3 Å². The lowest BCUT2D eigenvalue weighted by Crippen LogP contribution is -2.31. The van der Waals surface area contributed by atoms with Crippen molar-refractivity contribution < 1.29 is 19.1 Å². The van der Waals surface area contributed by atoms with Gasteiger partial charge in [0.1, 0.15) is 10.7 Å². The van der Waals surface area contributed by atoms with Crippen molar-refractivity contribution in [2.24, 2.45) is 18.0 Å². The number of aromatic nitrogens is 2. The van der Waals surface area contributed by atoms with Crippen molar-refractivity contribution in [3.63, 3.8) is 0 Å². The number of thiophene rings is 1. The molecule has 1 aliphatic carbocycles. The number of thioether (sulfide) groups is 1. The van der Waals surface area contributed by atoms with Crippen LogP contribution in [-0.2, 0) is 34.2 Å². The summed E-state index contributed by atoms with van der Waals surface area (Å²) in [5.74, 6) is -0.428. The molecule has 0 spiro atoms. The third kappa shape index (κ3) is 5.75. The van der Waals surface area contributed by atoms with Crippen LogP contribution in [0.2, 0.25) is 0 Å². The Morgan fingerprint density at radius 2 is 2.05 bits per heavy atom. The average molecular weight is 578 g/mol. The SMILES string of the molecule is CCOC(=O)c1c(NC(=O)CSC2=N/C(=C/c3cn(C)nc3C)C(=O)N2c2ccccc2)sc2c1CC[C@H](C)C2. The lowest BCUT2D eigenvalue weighted by molar-refractivity contribution is -0.114. The maximum absolute atomic E-state index is 13.4. The maximum Gasteiger partial charge on any atom is 0.341 e. The quantitative estimate of drug-likeness (QED) is 0.305. The molecule has 11 heteroatoms. The highest BCUT2D eigenvalue weighted by molar-refractivity contribution is 8.14. The molecule has 2 aromatic heterocycles. The molecule has 0 unspecified atom stereocenters. The van der Waals surface area contributed by atoms with E-state index in [2.05, 4.69) is 22.3 Å². The van der Waals surface area contributed by atoms with Crippen molar-refractivity contribution in [2.75, 3.05) is 22.6 Å². The van der Waals surface area contributed by atoms with E-state index in [1.807, 2.05) is 50.5 Å². The molecule has 1 N–H and O–H groups in total. The normalized spacial score (nSPS) is 17.6. The van der Waals surface area contributed by atoms with Gasteiger partial charge < -0.3 is 10.1 Å². The Kier molecular flexibility index (Phi) is 8.22. The van der Waals surface area contributed by atoms with Crippen molar-refractivity contribution in [2.45, 2.75) is 40.0 Å². The molecule has 0 radical (unpaired) electrons. The Bertz CT molecular complexity index is 1520. The van der Waals surface area contributed by atoms with Crippen LogP contribution in [0.15, 0.2) is 47.2 Å². The molecule has 208 valence electrons. The van der Waals surface area contributed by atoms with Gasteiger partial charge in [-0.2, -0.15) is 5.10 Å². The van der Waals surface area contributed by atoms with Gasteiger partial charge in [-0.15, -0.1) is 11.3 Å². The highest BCUT2D eigenvalue weighted by Crippen LogP contribution is 2.40. The lowest BCUT2D eigenvalue weighted by atomic mass is 9.88. The smallest absolute Gasteiger partial charge is 0.341 e. The molecule has 2 aliphatic rings. The van der Waals surface area contributed by atoms with E-state index in [-0.39, 0.29) is 29.9 Å². The first-order valence-electron chi connectivity index (χ1n) is 13.2. The van der Waals surface area contributed by atoms with Crippen LogP contribution < -0.4 is 10.2 Å². The Balaban J connectivity index is 1.38. The zero-order valence-electron chi connectivity index (χ0n) is 22.9. The number of hydrogen-bond donors (Lipinski definition) is 1. The minimum absolute atomic E-state index is 0.00980. The topological polar surface area (TPSA) is 106 Å². The number of rotatable bonds is 7. The van der Waals surface area contributed by atoms with Gasteiger partial charge >= 0.3 is 5.97 Å². The number of ether oxygens (including phenoxy) is 1. The van der Waals surface area contributed by atoms with Gasteiger partial charge in [0.05, 0.1) is 29.3 Å². The Morgan fingerprint density at radius 1 is 1.27 bits per heavy atom. The van der Waals surface area contributed by atoms with Crippen LogP contribution >= 0.6 is 23.1 Å². The molecule has 0 saturated carbocycles. The second kappa shape index (κ2) is 11.8. The fraction of sp³-hybridized carbons (Fsp3) is 0.345. The largest absolute Gasteiger partial charge is 0.462 e. The molecule has 0 bridgehead atoms. The van der Waals surface area contributed by atoms with Crippen molar-refractivity contribution in [3.05, 3.63) is 69.5 Å². The lowest BCUT2D eigenvalue weighted by Gasteiger charge is -2.18. The van der Waals surface area contributed by atoms with Crippen LogP contribution in [0, 0.1) is 12.8 Å². The van der Waals surface area contributed by atoms with Crippen LogP contribution in [-0.4, -0.2) is 45.1 Å². The fourth-order valence-electron chi connectivity index (χ4n) is 4.86. The number of aryl methyl sites for hydroxylation is 2. The zero-order chi connectivity index (χ0) is 28.4.